The highest BCUT2D eigenvalue weighted by Crippen LogP contribution is 2.27. The first-order chi connectivity index (χ1) is 19.6. The number of rotatable bonds is 11. The summed E-state index contributed by atoms with van der Waals surface area (Å²) >= 11 is 0. The predicted molar refractivity (Wildman–Crippen MR) is 160 cm³/mol. The number of urea groups is 1. The van der Waals surface area contributed by atoms with E-state index in [9.17, 15) is 23.4 Å². The van der Waals surface area contributed by atoms with E-state index in [0.29, 0.717) is 29.4 Å². The first-order valence-corrected chi connectivity index (χ1v) is 15.6. The summed E-state index contributed by atoms with van der Waals surface area (Å²) in [5.74, 6) is 1.09. The fourth-order valence-electron chi connectivity index (χ4n) is 4.89. The zero-order valence-corrected chi connectivity index (χ0v) is 24.2. The number of aromatic hydroxyl groups is 2. The van der Waals surface area contributed by atoms with Crippen molar-refractivity contribution in [2.75, 3.05) is 35.9 Å². The summed E-state index contributed by atoms with van der Waals surface area (Å²) in [6.07, 6.45) is 4.69. The summed E-state index contributed by atoms with van der Waals surface area (Å²) in [7, 11) is -3.33. The van der Waals surface area contributed by atoms with Crippen LogP contribution in [0.2, 0.25) is 0 Å². The average molecular weight is 583 g/mol. The van der Waals surface area contributed by atoms with Gasteiger partial charge in [-0.15, -0.1) is 0 Å². The summed E-state index contributed by atoms with van der Waals surface area (Å²) in [5.41, 5.74) is 2.00. The van der Waals surface area contributed by atoms with E-state index < -0.39 is 10.0 Å². The molecule has 0 radical (unpaired) electrons. The average Bonchev–Trinajstić information content (AvgIpc) is 2.90. The number of sulfonamides is 1. The first-order valence-electron chi connectivity index (χ1n) is 13.8. The van der Waals surface area contributed by atoms with Crippen LogP contribution in [0.5, 0.6) is 23.0 Å². The van der Waals surface area contributed by atoms with Gasteiger partial charge in [-0.2, -0.15) is 0 Å². The summed E-state index contributed by atoms with van der Waals surface area (Å²) in [6.45, 7) is 5.26. The lowest BCUT2D eigenvalue weighted by Gasteiger charge is -2.38. The van der Waals surface area contributed by atoms with Crippen molar-refractivity contribution >= 4 is 27.4 Å². The van der Waals surface area contributed by atoms with Gasteiger partial charge in [0.25, 0.3) is 0 Å². The lowest BCUT2D eigenvalue weighted by molar-refractivity contribution is 0.122. The first kappa shape index (κ1) is 30.0. The Morgan fingerprint density at radius 1 is 0.951 bits per heavy atom. The number of nitrogens with zero attached hydrogens (tertiary/aromatic N) is 2. The molecule has 4 rings (SSSR count). The van der Waals surface area contributed by atoms with E-state index in [0.717, 1.165) is 57.1 Å². The van der Waals surface area contributed by atoms with E-state index in [1.165, 1.54) is 18.2 Å². The highest BCUT2D eigenvalue weighted by molar-refractivity contribution is 7.92. The number of carbonyl (C=O) groups excluding carboxylic acids is 1. The Labute approximate surface area is 241 Å². The van der Waals surface area contributed by atoms with Crippen LogP contribution in [0.1, 0.15) is 38.2 Å². The van der Waals surface area contributed by atoms with Crippen LogP contribution in [-0.4, -0.2) is 66.4 Å². The maximum atomic E-state index is 13.1. The maximum Gasteiger partial charge on any atom is 0.322 e. The van der Waals surface area contributed by atoms with Crippen LogP contribution in [0.4, 0.5) is 16.2 Å². The van der Waals surface area contributed by atoms with Gasteiger partial charge in [0.15, 0.2) is 0 Å². The molecule has 0 unspecified atom stereocenters. The molecule has 220 valence electrons. The molecule has 0 atom stereocenters. The molecule has 0 aromatic heterocycles. The van der Waals surface area contributed by atoms with Crippen molar-refractivity contribution in [2.45, 2.75) is 45.2 Å². The normalized spacial score (nSPS) is 14.4. The number of nitrogens with one attached hydrogen (secondary N) is 2. The number of likely N-dealkylation sites (tertiary alicyclic amines) is 1. The Morgan fingerprint density at radius 2 is 1.54 bits per heavy atom. The third kappa shape index (κ3) is 9.29. The number of hydrogen-bond donors (Lipinski definition) is 4. The topological polar surface area (TPSA) is 131 Å². The van der Waals surface area contributed by atoms with Gasteiger partial charge in [-0.25, -0.2) is 13.2 Å². The molecule has 0 bridgehead atoms. The second kappa shape index (κ2) is 13.6. The minimum atomic E-state index is -3.33. The third-order valence-electron chi connectivity index (χ3n) is 6.89. The van der Waals surface area contributed by atoms with Crippen molar-refractivity contribution in [1.82, 2.24) is 9.80 Å². The van der Waals surface area contributed by atoms with Gasteiger partial charge in [-0.3, -0.25) is 9.62 Å². The van der Waals surface area contributed by atoms with Crippen LogP contribution in [0.25, 0.3) is 0 Å². The molecule has 41 heavy (non-hydrogen) atoms. The van der Waals surface area contributed by atoms with Crippen molar-refractivity contribution in [3.05, 3.63) is 72.3 Å². The van der Waals surface area contributed by atoms with Crippen molar-refractivity contribution in [3.8, 4) is 23.0 Å². The van der Waals surface area contributed by atoms with Crippen LogP contribution >= 0.6 is 0 Å². The van der Waals surface area contributed by atoms with E-state index in [1.807, 2.05) is 29.2 Å². The van der Waals surface area contributed by atoms with Gasteiger partial charge >= 0.3 is 6.03 Å². The largest absolute Gasteiger partial charge is 0.508 e. The lowest BCUT2D eigenvalue weighted by atomic mass is 10.0. The number of ether oxygens (including phenoxy) is 1. The fourth-order valence-corrected chi connectivity index (χ4v) is 5.46. The van der Waals surface area contributed by atoms with E-state index in [1.54, 1.807) is 24.3 Å². The number of unbranched alkanes of at least 4 members (excludes halogenated alkanes) is 1. The summed E-state index contributed by atoms with van der Waals surface area (Å²) in [5, 5.41) is 22.3. The summed E-state index contributed by atoms with van der Waals surface area (Å²) in [6, 6.07) is 18.6. The highest BCUT2D eigenvalue weighted by Gasteiger charge is 2.28. The van der Waals surface area contributed by atoms with Gasteiger partial charge in [-0.1, -0.05) is 25.5 Å². The third-order valence-corrected chi connectivity index (χ3v) is 7.49. The quantitative estimate of drug-likeness (QED) is 0.233. The van der Waals surface area contributed by atoms with Crippen molar-refractivity contribution in [1.29, 1.82) is 0 Å². The Hall–Kier alpha value is -3.96. The monoisotopic (exact) mass is 582 g/mol. The molecule has 2 amide bonds. The minimum Gasteiger partial charge on any atom is -0.508 e. The van der Waals surface area contributed by atoms with Crippen LogP contribution in [0, 0.1) is 0 Å². The molecule has 1 aliphatic rings. The number of carbonyl (C=O) groups is 1. The van der Waals surface area contributed by atoms with Crippen LogP contribution in [0.15, 0.2) is 66.7 Å². The molecule has 1 fully saturated rings. The Bertz CT molecular complexity index is 1390. The number of amides is 2. The Morgan fingerprint density at radius 3 is 2.10 bits per heavy atom. The Balaban J connectivity index is 1.28. The van der Waals surface area contributed by atoms with Gasteiger partial charge < -0.3 is 25.2 Å². The number of anilines is 2. The molecule has 10 nitrogen and oxygen atoms in total. The smallest absolute Gasteiger partial charge is 0.322 e. The van der Waals surface area contributed by atoms with Gasteiger partial charge in [0.2, 0.25) is 10.0 Å². The molecule has 0 spiro atoms. The van der Waals surface area contributed by atoms with Crippen LogP contribution in [0.3, 0.4) is 0 Å². The highest BCUT2D eigenvalue weighted by atomic mass is 32.2. The second-order valence-electron chi connectivity index (χ2n) is 10.4. The molecule has 11 heteroatoms. The van der Waals surface area contributed by atoms with Gasteiger partial charge in [0, 0.05) is 61.8 Å². The van der Waals surface area contributed by atoms with Gasteiger partial charge in [-0.05, 0) is 61.2 Å². The zero-order chi connectivity index (χ0) is 29.4. The standard InChI is InChI=1S/C30H38N4O6S/c1-3-4-15-34(30(37)31-24-18-26(35)20-27(36)19-24)25-13-16-33(17-14-25)21-22-5-9-28(10-6-22)40-29-11-7-23(8-12-29)32-41(2,38)39/h5-12,18-20,25,32,35-36H,3-4,13-17,21H2,1-2H3,(H,31,37). The maximum absolute atomic E-state index is 13.1. The molecule has 0 saturated carbocycles. The van der Waals surface area contributed by atoms with Crippen molar-refractivity contribution in [3.63, 3.8) is 0 Å². The Kier molecular flexibility index (Phi) is 9.95. The van der Waals surface area contributed by atoms with Crippen LogP contribution in [-0.2, 0) is 16.6 Å². The molecule has 1 aliphatic heterocycles. The van der Waals surface area contributed by atoms with Crippen molar-refractivity contribution < 1.29 is 28.2 Å². The van der Waals surface area contributed by atoms with Gasteiger partial charge in [0.1, 0.15) is 23.0 Å². The molecular weight excluding hydrogens is 544 g/mol. The molecule has 3 aromatic rings. The molecule has 0 aliphatic carbocycles. The molecule has 4 N–H and O–H groups in total. The SMILES string of the molecule is CCCCN(C(=O)Nc1cc(O)cc(O)c1)C1CCN(Cc2ccc(Oc3ccc(NS(C)(=O)=O)cc3)cc2)CC1. The van der Waals surface area contributed by atoms with E-state index in [2.05, 4.69) is 21.9 Å². The number of benzene rings is 3. The molecule has 1 saturated heterocycles. The van der Waals surface area contributed by atoms with E-state index in [-0.39, 0.29) is 23.6 Å². The number of phenols is 2. The number of hydrogen-bond acceptors (Lipinski definition) is 7. The summed E-state index contributed by atoms with van der Waals surface area (Å²) < 4.78 is 31.1. The van der Waals surface area contributed by atoms with Gasteiger partial charge in [0.05, 0.1) is 6.26 Å². The van der Waals surface area contributed by atoms with Crippen molar-refractivity contribution in [2.24, 2.45) is 0 Å². The fraction of sp³-hybridized carbons (Fsp3) is 0.367. The lowest BCUT2D eigenvalue weighted by Crippen LogP contribution is -2.49. The van der Waals surface area contributed by atoms with Crippen LogP contribution < -0.4 is 14.8 Å². The second-order valence-corrected chi connectivity index (χ2v) is 12.1. The number of phenolic OH excluding ortho intramolecular Hbond substituents is 2. The summed E-state index contributed by atoms with van der Waals surface area (Å²) in [4.78, 5) is 17.4. The predicted octanol–water partition coefficient (Wildman–Crippen LogP) is 5.56. The zero-order valence-electron chi connectivity index (χ0n) is 23.4. The van der Waals surface area contributed by atoms with E-state index in [4.69, 9.17) is 4.74 Å². The number of piperidine rings is 1. The van der Waals surface area contributed by atoms with E-state index >= 15 is 0 Å². The molecule has 1 heterocycles. The molecular formula is C30H38N4O6S. The minimum absolute atomic E-state index is 0.105. The molecule has 3 aromatic carbocycles.